The molecule has 6 heteroatoms. The fourth-order valence-electron chi connectivity index (χ4n) is 4.81. The van der Waals surface area contributed by atoms with Gasteiger partial charge in [-0.05, 0) is 44.2 Å². The van der Waals surface area contributed by atoms with Crippen LogP contribution in [0.5, 0.6) is 0 Å². The molecule has 146 valence electrons. The number of nitrogens with zero attached hydrogens (tertiary/aromatic N) is 5. The second-order valence-electron chi connectivity index (χ2n) is 8.67. The second kappa shape index (κ2) is 7.15. The molecule has 0 radical (unpaired) electrons. The Kier molecular flexibility index (Phi) is 4.49. The molecule has 1 amide bonds. The van der Waals surface area contributed by atoms with Crippen molar-refractivity contribution < 1.29 is 4.79 Å². The van der Waals surface area contributed by atoms with Crippen molar-refractivity contribution in [1.82, 2.24) is 19.9 Å². The molecule has 3 aliphatic rings. The van der Waals surface area contributed by atoms with Gasteiger partial charge >= 0.3 is 0 Å². The Labute approximate surface area is 166 Å². The molecule has 1 atom stereocenters. The maximum atomic E-state index is 12.6. The topological polar surface area (TPSA) is 62.2 Å². The van der Waals surface area contributed by atoms with Crippen molar-refractivity contribution in [1.29, 1.82) is 0 Å². The van der Waals surface area contributed by atoms with Crippen LogP contribution in [0.15, 0.2) is 36.8 Å². The van der Waals surface area contributed by atoms with Crippen molar-refractivity contribution in [3.63, 3.8) is 0 Å². The van der Waals surface area contributed by atoms with E-state index in [-0.39, 0.29) is 11.3 Å². The fraction of sp³-hybridized carbons (Fsp3) is 0.545. The molecule has 1 spiro atoms. The Morgan fingerprint density at radius 2 is 2.04 bits per heavy atom. The number of carbonyl (C=O) groups is 1. The van der Waals surface area contributed by atoms with Crippen LogP contribution >= 0.6 is 0 Å². The van der Waals surface area contributed by atoms with Crippen LogP contribution in [0, 0.1) is 5.41 Å². The summed E-state index contributed by atoms with van der Waals surface area (Å²) in [6.07, 6.45) is 9.97. The molecule has 28 heavy (non-hydrogen) atoms. The maximum Gasteiger partial charge on any atom is 0.222 e. The number of piperidine rings is 2. The number of pyridine rings is 1. The summed E-state index contributed by atoms with van der Waals surface area (Å²) in [5.41, 5.74) is 2.32. The smallest absolute Gasteiger partial charge is 0.222 e. The van der Waals surface area contributed by atoms with E-state index in [2.05, 4.69) is 25.9 Å². The zero-order chi connectivity index (χ0) is 19.0. The quantitative estimate of drug-likeness (QED) is 0.819. The summed E-state index contributed by atoms with van der Waals surface area (Å²) < 4.78 is 0. The third kappa shape index (κ3) is 3.60. The average Bonchev–Trinajstić information content (AvgIpc) is 3.58. The molecular weight excluding hydrogens is 350 g/mol. The summed E-state index contributed by atoms with van der Waals surface area (Å²) >= 11 is 0. The third-order valence-corrected chi connectivity index (χ3v) is 6.48. The van der Waals surface area contributed by atoms with Crippen LogP contribution < -0.4 is 4.90 Å². The molecule has 2 aromatic heterocycles. The predicted octanol–water partition coefficient (Wildman–Crippen LogP) is 3.16. The van der Waals surface area contributed by atoms with Gasteiger partial charge in [-0.1, -0.05) is 6.07 Å². The van der Waals surface area contributed by atoms with Gasteiger partial charge in [-0.25, -0.2) is 9.97 Å². The lowest BCUT2D eigenvalue weighted by Gasteiger charge is -2.48. The summed E-state index contributed by atoms with van der Waals surface area (Å²) in [5.74, 6) is 1.96. The Hall–Kier alpha value is -2.50. The van der Waals surface area contributed by atoms with Gasteiger partial charge in [0, 0.05) is 55.3 Å². The molecule has 2 saturated heterocycles. The third-order valence-electron chi connectivity index (χ3n) is 6.48. The lowest BCUT2D eigenvalue weighted by molar-refractivity contribution is -0.138. The lowest BCUT2D eigenvalue weighted by Crippen LogP contribution is -2.54. The van der Waals surface area contributed by atoms with Gasteiger partial charge in [-0.3, -0.25) is 9.78 Å². The number of carbonyl (C=O) groups excluding carboxylic acids is 1. The predicted molar refractivity (Wildman–Crippen MR) is 107 cm³/mol. The van der Waals surface area contributed by atoms with E-state index in [0.717, 1.165) is 44.0 Å². The minimum absolute atomic E-state index is 0.158. The number of hydrogen-bond acceptors (Lipinski definition) is 5. The van der Waals surface area contributed by atoms with E-state index in [1.54, 1.807) is 12.5 Å². The number of likely N-dealkylation sites (tertiary alicyclic amines) is 1. The number of rotatable bonds is 4. The molecule has 0 N–H and O–H groups in total. The molecule has 0 aromatic carbocycles. The van der Waals surface area contributed by atoms with Gasteiger partial charge in [0.1, 0.15) is 12.1 Å². The van der Waals surface area contributed by atoms with Crippen molar-refractivity contribution >= 4 is 11.7 Å². The number of anilines is 1. The van der Waals surface area contributed by atoms with E-state index in [0.29, 0.717) is 18.9 Å². The van der Waals surface area contributed by atoms with Crippen LogP contribution in [0.25, 0.3) is 0 Å². The molecule has 1 aliphatic carbocycles. The van der Waals surface area contributed by atoms with E-state index < -0.39 is 0 Å². The molecule has 0 bridgehead atoms. The Morgan fingerprint density at radius 1 is 1.11 bits per heavy atom. The SMILES string of the molecule is O=C1CCC2(CCCN(c3cc(C4CC4)ncn3)C2)CN1Cc1ccccn1. The van der Waals surface area contributed by atoms with Gasteiger partial charge in [-0.15, -0.1) is 0 Å². The molecule has 1 unspecified atom stereocenters. The van der Waals surface area contributed by atoms with Crippen molar-refractivity contribution in [2.75, 3.05) is 24.5 Å². The number of hydrogen-bond donors (Lipinski definition) is 0. The van der Waals surface area contributed by atoms with E-state index >= 15 is 0 Å². The first-order valence-electron chi connectivity index (χ1n) is 10.5. The largest absolute Gasteiger partial charge is 0.356 e. The number of amides is 1. The van der Waals surface area contributed by atoms with Crippen molar-refractivity contribution in [3.8, 4) is 0 Å². The van der Waals surface area contributed by atoms with Crippen LogP contribution in [0.3, 0.4) is 0 Å². The van der Waals surface area contributed by atoms with E-state index in [1.807, 2.05) is 23.1 Å². The minimum atomic E-state index is 0.158. The summed E-state index contributed by atoms with van der Waals surface area (Å²) in [5, 5.41) is 0. The molecule has 5 rings (SSSR count). The highest BCUT2D eigenvalue weighted by molar-refractivity contribution is 5.77. The highest BCUT2D eigenvalue weighted by Gasteiger charge is 2.42. The molecule has 4 heterocycles. The maximum absolute atomic E-state index is 12.6. The monoisotopic (exact) mass is 377 g/mol. The first-order chi connectivity index (χ1) is 13.7. The van der Waals surface area contributed by atoms with Gasteiger partial charge < -0.3 is 9.80 Å². The van der Waals surface area contributed by atoms with Crippen molar-refractivity contribution in [3.05, 3.63) is 48.2 Å². The van der Waals surface area contributed by atoms with E-state index in [1.165, 1.54) is 25.0 Å². The second-order valence-corrected chi connectivity index (χ2v) is 8.67. The van der Waals surface area contributed by atoms with E-state index in [4.69, 9.17) is 0 Å². The van der Waals surface area contributed by atoms with Crippen LogP contribution in [0.2, 0.25) is 0 Å². The van der Waals surface area contributed by atoms with Gasteiger partial charge in [-0.2, -0.15) is 0 Å². The first kappa shape index (κ1) is 17.6. The van der Waals surface area contributed by atoms with E-state index in [9.17, 15) is 4.79 Å². The van der Waals surface area contributed by atoms with Crippen molar-refractivity contribution in [2.24, 2.45) is 5.41 Å². The Morgan fingerprint density at radius 3 is 2.86 bits per heavy atom. The van der Waals surface area contributed by atoms with Crippen LogP contribution in [0.1, 0.15) is 55.8 Å². The van der Waals surface area contributed by atoms with Crippen LogP contribution in [-0.4, -0.2) is 45.4 Å². The summed E-state index contributed by atoms with van der Waals surface area (Å²) in [7, 11) is 0. The zero-order valence-electron chi connectivity index (χ0n) is 16.3. The van der Waals surface area contributed by atoms with Crippen molar-refractivity contribution in [2.45, 2.75) is 51.0 Å². The Bertz CT molecular complexity index is 853. The minimum Gasteiger partial charge on any atom is -0.356 e. The van der Waals surface area contributed by atoms with Gasteiger partial charge in [0.2, 0.25) is 5.91 Å². The molecule has 2 aromatic rings. The summed E-state index contributed by atoms with van der Waals surface area (Å²) in [6.45, 7) is 3.44. The highest BCUT2D eigenvalue weighted by atomic mass is 16.2. The summed E-state index contributed by atoms with van der Waals surface area (Å²) in [6, 6.07) is 8.10. The van der Waals surface area contributed by atoms with Crippen LogP contribution in [0.4, 0.5) is 5.82 Å². The molecular formula is C22H27N5O. The standard InChI is InChI=1S/C22H27N5O/c28-21-7-9-22(15-27(21)13-18-4-1-2-10-23-18)8-3-11-26(14-22)20-12-19(17-5-6-17)24-16-25-20/h1-2,4,10,12,16-17H,3,5-9,11,13-15H2. The van der Waals surface area contributed by atoms with Crippen LogP contribution in [-0.2, 0) is 11.3 Å². The number of aromatic nitrogens is 3. The molecule has 2 aliphatic heterocycles. The first-order valence-corrected chi connectivity index (χ1v) is 10.5. The van der Waals surface area contributed by atoms with Gasteiger partial charge in [0.25, 0.3) is 0 Å². The zero-order valence-corrected chi connectivity index (χ0v) is 16.3. The highest BCUT2D eigenvalue weighted by Crippen LogP contribution is 2.42. The van der Waals surface area contributed by atoms with Gasteiger partial charge in [0.15, 0.2) is 0 Å². The van der Waals surface area contributed by atoms with Gasteiger partial charge in [0.05, 0.1) is 12.2 Å². The molecule has 3 fully saturated rings. The fourth-order valence-corrected chi connectivity index (χ4v) is 4.81. The lowest BCUT2D eigenvalue weighted by atomic mass is 9.73. The molecule has 6 nitrogen and oxygen atoms in total. The Balaban J connectivity index is 1.32. The average molecular weight is 377 g/mol. The normalized spacial score (nSPS) is 25.4. The summed E-state index contributed by atoms with van der Waals surface area (Å²) in [4.78, 5) is 30.5. The molecule has 1 saturated carbocycles.